The molecule has 0 N–H and O–H groups in total. The lowest BCUT2D eigenvalue weighted by Crippen LogP contribution is -2.33. The van der Waals surface area contributed by atoms with E-state index in [0.717, 1.165) is 50.5 Å². The fraction of sp³-hybridized carbons (Fsp3) is 0.208. The monoisotopic (exact) mass is 494 g/mol. The van der Waals surface area contributed by atoms with Crippen molar-refractivity contribution >= 4 is 33.4 Å². The summed E-state index contributed by atoms with van der Waals surface area (Å²) in [5.41, 5.74) is 4.30. The molecule has 3 aromatic carbocycles. The number of ether oxygens (including phenoxy) is 3. The summed E-state index contributed by atoms with van der Waals surface area (Å²) >= 11 is 5.34. The number of halogens is 1. The summed E-state index contributed by atoms with van der Waals surface area (Å²) in [6.07, 6.45) is 2.60. The van der Waals surface area contributed by atoms with Crippen molar-refractivity contribution in [3.8, 4) is 17.2 Å². The minimum Gasteiger partial charge on any atom is -0.464 e. The van der Waals surface area contributed by atoms with Crippen LogP contribution >= 0.6 is 27.7 Å². The Balaban J connectivity index is 1.42. The van der Waals surface area contributed by atoms with Crippen molar-refractivity contribution in [2.75, 3.05) is 13.0 Å². The van der Waals surface area contributed by atoms with Crippen LogP contribution in [0.5, 0.6) is 17.2 Å². The molecule has 0 amide bonds. The highest BCUT2D eigenvalue weighted by Gasteiger charge is 2.41. The highest BCUT2D eigenvalue weighted by Crippen LogP contribution is 2.48. The third kappa shape index (κ3) is 3.27. The van der Waals surface area contributed by atoms with Gasteiger partial charge in [0.25, 0.3) is 0 Å². The van der Waals surface area contributed by atoms with Crippen LogP contribution in [0.2, 0.25) is 0 Å². The third-order valence-electron chi connectivity index (χ3n) is 5.86. The zero-order valence-electron chi connectivity index (χ0n) is 16.7. The Morgan fingerprint density at radius 1 is 0.968 bits per heavy atom. The van der Waals surface area contributed by atoms with E-state index in [1.54, 1.807) is 11.8 Å². The van der Waals surface area contributed by atoms with Crippen LogP contribution in [0.1, 0.15) is 35.4 Å². The Hall–Kier alpha value is -2.64. The van der Waals surface area contributed by atoms with Crippen molar-refractivity contribution in [2.45, 2.75) is 23.6 Å². The van der Waals surface area contributed by atoms with Crippen LogP contribution in [0.4, 0.5) is 0 Å². The molecule has 0 unspecified atom stereocenters. The van der Waals surface area contributed by atoms with Gasteiger partial charge in [0, 0.05) is 32.5 Å². The molecule has 0 saturated heterocycles. The van der Waals surface area contributed by atoms with Gasteiger partial charge in [-0.25, -0.2) is 5.01 Å². The van der Waals surface area contributed by atoms with Crippen LogP contribution in [0.25, 0.3) is 0 Å². The van der Waals surface area contributed by atoms with E-state index in [0.29, 0.717) is 0 Å². The number of thioether (sulfide) groups is 1. The topological polar surface area (TPSA) is 43.3 Å². The Morgan fingerprint density at radius 3 is 2.61 bits per heavy atom. The number of nitrogens with zero attached hydrogens (tertiary/aromatic N) is 2. The van der Waals surface area contributed by atoms with Gasteiger partial charge < -0.3 is 14.2 Å². The standard InChI is InChI=1S/C24H19BrN2O3S/c1-31-17-6-2-14(3-7-17)24-27-20(18-11-16(25)5-9-21(18)30-24)12-19(26-27)15-4-8-22-23(10-15)29-13-28-22/h2-11,20,24H,12-13H2,1H3/t20-,24+/m0/s1. The van der Waals surface area contributed by atoms with Gasteiger partial charge in [0.05, 0.1) is 11.8 Å². The average molecular weight is 495 g/mol. The smallest absolute Gasteiger partial charge is 0.231 e. The summed E-state index contributed by atoms with van der Waals surface area (Å²) in [6.45, 7) is 0.267. The van der Waals surface area contributed by atoms with Crippen molar-refractivity contribution in [3.63, 3.8) is 0 Å². The van der Waals surface area contributed by atoms with E-state index in [2.05, 4.69) is 63.6 Å². The van der Waals surface area contributed by atoms with Crippen molar-refractivity contribution in [1.82, 2.24) is 5.01 Å². The van der Waals surface area contributed by atoms with Crippen LogP contribution in [-0.4, -0.2) is 23.8 Å². The van der Waals surface area contributed by atoms with E-state index in [1.165, 1.54) is 4.90 Å². The summed E-state index contributed by atoms with van der Waals surface area (Å²) in [4.78, 5) is 1.23. The van der Waals surface area contributed by atoms with E-state index in [-0.39, 0.29) is 19.1 Å². The predicted molar refractivity (Wildman–Crippen MR) is 124 cm³/mol. The number of hydrogen-bond donors (Lipinski definition) is 0. The van der Waals surface area contributed by atoms with Crippen LogP contribution in [-0.2, 0) is 0 Å². The minimum absolute atomic E-state index is 0.104. The molecule has 0 spiro atoms. The molecule has 0 saturated carbocycles. The van der Waals surface area contributed by atoms with Crippen molar-refractivity contribution in [2.24, 2.45) is 5.10 Å². The van der Waals surface area contributed by atoms with E-state index < -0.39 is 0 Å². The molecule has 5 nitrogen and oxygen atoms in total. The number of hydrazone groups is 1. The summed E-state index contributed by atoms with van der Waals surface area (Å²) in [7, 11) is 0. The van der Waals surface area contributed by atoms with E-state index in [1.807, 2.05) is 24.3 Å². The van der Waals surface area contributed by atoms with Crippen LogP contribution in [0, 0.1) is 0 Å². The van der Waals surface area contributed by atoms with Crippen LogP contribution in [0.3, 0.4) is 0 Å². The molecule has 2 atom stereocenters. The molecular formula is C24H19BrN2O3S. The van der Waals surface area contributed by atoms with Gasteiger partial charge in [-0.2, -0.15) is 5.10 Å². The van der Waals surface area contributed by atoms with Crippen LogP contribution in [0.15, 0.2) is 75.1 Å². The first-order valence-corrected chi connectivity index (χ1v) is 12.1. The van der Waals surface area contributed by atoms with Gasteiger partial charge in [-0.1, -0.05) is 28.1 Å². The maximum Gasteiger partial charge on any atom is 0.231 e. The molecule has 3 aromatic rings. The van der Waals surface area contributed by atoms with Gasteiger partial charge in [-0.15, -0.1) is 11.8 Å². The second-order valence-corrected chi connectivity index (χ2v) is 9.44. The predicted octanol–water partition coefficient (Wildman–Crippen LogP) is 6.14. The van der Waals surface area contributed by atoms with E-state index in [4.69, 9.17) is 19.3 Å². The van der Waals surface area contributed by atoms with Crippen molar-refractivity contribution in [1.29, 1.82) is 0 Å². The highest BCUT2D eigenvalue weighted by molar-refractivity contribution is 9.10. The molecule has 3 heterocycles. The second-order valence-electron chi connectivity index (χ2n) is 7.64. The highest BCUT2D eigenvalue weighted by atomic mass is 79.9. The molecule has 0 aliphatic carbocycles. The van der Waals surface area contributed by atoms with Gasteiger partial charge in [0.1, 0.15) is 5.75 Å². The maximum absolute atomic E-state index is 6.47. The molecule has 156 valence electrons. The maximum atomic E-state index is 6.47. The molecule has 0 aromatic heterocycles. The molecule has 0 fully saturated rings. The van der Waals surface area contributed by atoms with Crippen LogP contribution < -0.4 is 14.2 Å². The zero-order chi connectivity index (χ0) is 20.9. The van der Waals surface area contributed by atoms with Gasteiger partial charge in [-0.3, -0.25) is 0 Å². The Bertz CT molecular complexity index is 1200. The molecule has 0 bridgehead atoms. The van der Waals surface area contributed by atoms with Crippen molar-refractivity contribution in [3.05, 3.63) is 81.8 Å². The molecule has 7 heteroatoms. The number of hydrogen-bond acceptors (Lipinski definition) is 6. The van der Waals surface area contributed by atoms with Gasteiger partial charge >= 0.3 is 0 Å². The number of benzene rings is 3. The first kappa shape index (κ1) is 19.1. The molecule has 3 aliphatic rings. The third-order valence-corrected chi connectivity index (χ3v) is 7.10. The first-order valence-electron chi connectivity index (χ1n) is 10.1. The summed E-state index contributed by atoms with van der Waals surface area (Å²) in [5.74, 6) is 2.46. The lowest BCUT2D eigenvalue weighted by molar-refractivity contribution is -0.0191. The molecular weight excluding hydrogens is 476 g/mol. The SMILES string of the molecule is CSc1ccc([C@H]2Oc3ccc(Br)cc3[C@@H]3CC(c4ccc5c(c4)OCO5)=NN23)cc1. The molecule has 3 aliphatic heterocycles. The molecule has 31 heavy (non-hydrogen) atoms. The Kier molecular flexibility index (Phi) is 4.61. The fourth-order valence-corrected chi connectivity index (χ4v) is 5.08. The summed E-state index contributed by atoms with van der Waals surface area (Å²) < 4.78 is 18.5. The second kappa shape index (κ2) is 7.50. The number of fused-ring (bicyclic) bond motifs is 4. The largest absolute Gasteiger partial charge is 0.464 e. The van der Waals surface area contributed by atoms with E-state index in [9.17, 15) is 0 Å². The lowest BCUT2D eigenvalue weighted by atomic mass is 9.96. The quantitative estimate of drug-likeness (QED) is 0.409. The Labute approximate surface area is 193 Å². The normalized spacial score (nSPS) is 20.7. The molecule has 6 rings (SSSR count). The average Bonchev–Trinajstić information content (AvgIpc) is 3.45. The fourth-order valence-electron chi connectivity index (χ4n) is 4.30. The van der Waals surface area contributed by atoms with Gasteiger partial charge in [0.2, 0.25) is 13.0 Å². The van der Waals surface area contributed by atoms with E-state index >= 15 is 0 Å². The Morgan fingerprint density at radius 2 is 1.77 bits per heavy atom. The van der Waals surface area contributed by atoms with Gasteiger partial charge in [-0.05, 0) is 54.8 Å². The zero-order valence-corrected chi connectivity index (χ0v) is 19.2. The summed E-state index contributed by atoms with van der Waals surface area (Å²) in [6, 6.07) is 20.9. The molecule has 0 radical (unpaired) electrons. The summed E-state index contributed by atoms with van der Waals surface area (Å²) in [5, 5.41) is 7.14. The minimum atomic E-state index is -0.277. The lowest BCUT2D eigenvalue weighted by Gasteiger charge is -2.38. The van der Waals surface area contributed by atoms with Crippen molar-refractivity contribution < 1.29 is 14.2 Å². The first-order chi connectivity index (χ1) is 15.2. The van der Waals surface area contributed by atoms with Gasteiger partial charge in [0.15, 0.2) is 11.5 Å². The number of rotatable bonds is 3.